The van der Waals surface area contributed by atoms with Gasteiger partial charge in [0, 0.05) is 24.7 Å². The average molecular weight is 244 g/mol. The van der Waals surface area contributed by atoms with Crippen LogP contribution in [0.5, 0.6) is 0 Å². The standard InChI is InChI=1S/C15H20N2O/c16-14-7-6-12-9-17(10-13(12)8-14)15(18)11-4-2-1-3-5-11/h6-8,11H,1-5,9-10,16H2. The van der Waals surface area contributed by atoms with Gasteiger partial charge in [0.15, 0.2) is 0 Å². The van der Waals surface area contributed by atoms with Crippen molar-refractivity contribution in [3.8, 4) is 0 Å². The molecule has 0 spiro atoms. The van der Waals surface area contributed by atoms with E-state index < -0.39 is 0 Å². The van der Waals surface area contributed by atoms with Crippen LogP contribution in [-0.4, -0.2) is 10.8 Å². The van der Waals surface area contributed by atoms with Crippen molar-refractivity contribution in [2.45, 2.75) is 45.2 Å². The Morgan fingerprint density at radius 2 is 1.83 bits per heavy atom. The Bertz CT molecular complexity index is 464. The first-order chi connectivity index (χ1) is 8.74. The molecule has 0 aromatic heterocycles. The second-order valence-corrected chi connectivity index (χ2v) is 5.56. The molecule has 1 aromatic carbocycles. The molecular weight excluding hydrogens is 224 g/mol. The first-order valence-electron chi connectivity index (χ1n) is 6.90. The summed E-state index contributed by atoms with van der Waals surface area (Å²) in [7, 11) is 0. The number of hydrogen-bond acceptors (Lipinski definition) is 2. The number of carbonyl (C=O) groups excluding carboxylic acids is 1. The number of nitrogen functional groups attached to an aromatic ring is 1. The minimum Gasteiger partial charge on any atom is -0.399 e. The quantitative estimate of drug-likeness (QED) is 0.772. The van der Waals surface area contributed by atoms with E-state index in [1.165, 1.54) is 30.4 Å². The van der Waals surface area contributed by atoms with E-state index in [1.54, 1.807) is 0 Å². The molecule has 1 fully saturated rings. The highest BCUT2D eigenvalue weighted by atomic mass is 16.2. The molecule has 96 valence electrons. The molecule has 18 heavy (non-hydrogen) atoms. The van der Waals surface area contributed by atoms with Crippen molar-refractivity contribution in [2.24, 2.45) is 5.92 Å². The molecule has 0 radical (unpaired) electrons. The number of hydrogen-bond donors (Lipinski definition) is 1. The second-order valence-electron chi connectivity index (χ2n) is 5.56. The maximum atomic E-state index is 12.4. The van der Waals surface area contributed by atoms with E-state index in [2.05, 4.69) is 6.07 Å². The van der Waals surface area contributed by atoms with E-state index in [9.17, 15) is 4.79 Å². The zero-order valence-corrected chi connectivity index (χ0v) is 10.7. The smallest absolute Gasteiger partial charge is 0.226 e. The lowest BCUT2D eigenvalue weighted by Gasteiger charge is -2.25. The number of rotatable bonds is 1. The fourth-order valence-corrected chi connectivity index (χ4v) is 3.18. The number of anilines is 1. The molecule has 1 aliphatic carbocycles. The average Bonchev–Trinajstić information content (AvgIpc) is 2.81. The number of fused-ring (bicyclic) bond motifs is 1. The van der Waals surface area contributed by atoms with E-state index in [0.29, 0.717) is 5.91 Å². The molecule has 0 atom stereocenters. The lowest BCUT2D eigenvalue weighted by molar-refractivity contribution is -0.137. The van der Waals surface area contributed by atoms with E-state index in [1.807, 2.05) is 17.0 Å². The van der Waals surface area contributed by atoms with Crippen LogP contribution in [0.2, 0.25) is 0 Å². The first kappa shape index (κ1) is 11.6. The third-order valence-corrected chi connectivity index (χ3v) is 4.22. The van der Waals surface area contributed by atoms with E-state index in [-0.39, 0.29) is 5.92 Å². The summed E-state index contributed by atoms with van der Waals surface area (Å²) in [4.78, 5) is 14.4. The van der Waals surface area contributed by atoms with Gasteiger partial charge in [0.25, 0.3) is 0 Å². The van der Waals surface area contributed by atoms with Gasteiger partial charge in [-0.1, -0.05) is 25.3 Å². The van der Waals surface area contributed by atoms with Crippen molar-refractivity contribution < 1.29 is 4.79 Å². The maximum Gasteiger partial charge on any atom is 0.226 e. The summed E-state index contributed by atoms with van der Waals surface area (Å²) in [6, 6.07) is 5.98. The van der Waals surface area contributed by atoms with Crippen LogP contribution in [0.1, 0.15) is 43.2 Å². The van der Waals surface area contributed by atoms with E-state index >= 15 is 0 Å². The molecule has 1 amide bonds. The van der Waals surface area contributed by atoms with Crippen LogP contribution < -0.4 is 5.73 Å². The summed E-state index contributed by atoms with van der Waals surface area (Å²) in [6.07, 6.45) is 5.87. The highest BCUT2D eigenvalue weighted by Crippen LogP contribution is 2.30. The van der Waals surface area contributed by atoms with Crippen LogP contribution >= 0.6 is 0 Å². The minimum atomic E-state index is 0.269. The number of nitrogens with zero attached hydrogens (tertiary/aromatic N) is 1. The third-order valence-electron chi connectivity index (χ3n) is 4.22. The molecule has 0 unspecified atom stereocenters. The Morgan fingerprint density at radius 3 is 2.61 bits per heavy atom. The SMILES string of the molecule is Nc1ccc2c(c1)CN(C(=O)C1CCCCC1)C2. The molecule has 2 N–H and O–H groups in total. The zero-order chi connectivity index (χ0) is 12.5. The molecule has 1 aromatic rings. The van der Waals surface area contributed by atoms with Crippen molar-refractivity contribution in [3.63, 3.8) is 0 Å². The predicted octanol–water partition coefficient (Wildman–Crippen LogP) is 2.69. The van der Waals surface area contributed by atoms with Crippen LogP contribution in [0.4, 0.5) is 5.69 Å². The monoisotopic (exact) mass is 244 g/mol. The molecule has 0 saturated heterocycles. The molecule has 1 heterocycles. The van der Waals surface area contributed by atoms with Crippen molar-refractivity contribution in [1.29, 1.82) is 0 Å². The number of carbonyl (C=O) groups is 1. The van der Waals surface area contributed by atoms with E-state index in [4.69, 9.17) is 5.73 Å². The van der Waals surface area contributed by atoms with Gasteiger partial charge in [0.05, 0.1) is 0 Å². The number of benzene rings is 1. The molecular formula is C15H20N2O. The van der Waals surface area contributed by atoms with Crippen LogP contribution in [0.3, 0.4) is 0 Å². The number of amides is 1. The molecule has 2 aliphatic rings. The van der Waals surface area contributed by atoms with Gasteiger partial charge in [-0.2, -0.15) is 0 Å². The van der Waals surface area contributed by atoms with Gasteiger partial charge in [-0.25, -0.2) is 0 Å². The van der Waals surface area contributed by atoms with Gasteiger partial charge in [-0.3, -0.25) is 4.79 Å². The zero-order valence-electron chi connectivity index (χ0n) is 10.7. The summed E-state index contributed by atoms with van der Waals surface area (Å²) in [5.41, 5.74) is 9.06. The molecule has 1 aliphatic heterocycles. The summed E-state index contributed by atoms with van der Waals surface area (Å²) in [5, 5.41) is 0. The van der Waals surface area contributed by atoms with Gasteiger partial charge < -0.3 is 10.6 Å². The topological polar surface area (TPSA) is 46.3 Å². The highest BCUT2D eigenvalue weighted by molar-refractivity contribution is 5.79. The van der Waals surface area contributed by atoms with Crippen molar-refractivity contribution >= 4 is 11.6 Å². The van der Waals surface area contributed by atoms with Gasteiger partial charge in [0.2, 0.25) is 5.91 Å². The molecule has 1 saturated carbocycles. The van der Waals surface area contributed by atoms with Crippen molar-refractivity contribution in [2.75, 3.05) is 5.73 Å². The van der Waals surface area contributed by atoms with Gasteiger partial charge in [0.1, 0.15) is 0 Å². The molecule has 3 heteroatoms. The summed E-state index contributed by atoms with van der Waals surface area (Å²) < 4.78 is 0. The fraction of sp³-hybridized carbons (Fsp3) is 0.533. The van der Waals surface area contributed by atoms with Gasteiger partial charge in [-0.15, -0.1) is 0 Å². The summed E-state index contributed by atoms with van der Waals surface area (Å²) in [6.45, 7) is 1.51. The van der Waals surface area contributed by atoms with Crippen LogP contribution in [-0.2, 0) is 17.9 Å². The highest BCUT2D eigenvalue weighted by Gasteiger charge is 2.29. The Morgan fingerprint density at radius 1 is 1.11 bits per heavy atom. The first-order valence-corrected chi connectivity index (χ1v) is 6.90. The number of nitrogens with two attached hydrogens (primary N) is 1. The Labute approximate surface area is 108 Å². The summed E-state index contributed by atoms with van der Waals surface area (Å²) >= 11 is 0. The predicted molar refractivity (Wildman–Crippen MR) is 71.7 cm³/mol. The van der Waals surface area contributed by atoms with Crippen LogP contribution in [0.25, 0.3) is 0 Å². The van der Waals surface area contributed by atoms with Crippen molar-refractivity contribution in [1.82, 2.24) is 4.90 Å². The van der Waals surface area contributed by atoms with Crippen molar-refractivity contribution in [3.05, 3.63) is 29.3 Å². The largest absolute Gasteiger partial charge is 0.399 e. The fourth-order valence-electron chi connectivity index (χ4n) is 3.18. The lowest BCUT2D eigenvalue weighted by Crippen LogP contribution is -2.33. The molecule has 3 nitrogen and oxygen atoms in total. The van der Waals surface area contributed by atoms with Crippen LogP contribution in [0.15, 0.2) is 18.2 Å². The maximum absolute atomic E-state index is 12.4. The third kappa shape index (κ3) is 2.09. The minimum absolute atomic E-state index is 0.269. The second kappa shape index (κ2) is 4.63. The Kier molecular flexibility index (Phi) is 2.98. The van der Waals surface area contributed by atoms with Crippen LogP contribution in [0, 0.1) is 5.92 Å². The molecule has 0 bridgehead atoms. The Hall–Kier alpha value is -1.51. The molecule has 3 rings (SSSR count). The lowest BCUT2D eigenvalue weighted by atomic mass is 9.88. The normalized spacial score (nSPS) is 19.9. The van der Waals surface area contributed by atoms with Gasteiger partial charge in [-0.05, 0) is 36.1 Å². The van der Waals surface area contributed by atoms with E-state index in [0.717, 1.165) is 31.6 Å². The Balaban J connectivity index is 1.71. The summed E-state index contributed by atoms with van der Waals surface area (Å²) in [5.74, 6) is 0.620. The van der Waals surface area contributed by atoms with Gasteiger partial charge >= 0.3 is 0 Å².